The number of thioether (sulfide) groups is 1. The molecule has 5 N–H and O–H groups in total. The van der Waals surface area contributed by atoms with Crippen LogP contribution in [-0.4, -0.2) is 103 Å². The Morgan fingerprint density at radius 2 is 1.80 bits per heavy atom. The van der Waals surface area contributed by atoms with E-state index in [4.69, 9.17) is 10.5 Å². The van der Waals surface area contributed by atoms with Gasteiger partial charge >= 0.3 is 0 Å². The molecule has 2 fully saturated rings. The van der Waals surface area contributed by atoms with Gasteiger partial charge in [-0.2, -0.15) is 17.4 Å². The average Bonchev–Trinajstić information content (AvgIpc) is 3.12. The molecule has 288 valence electrons. The molecule has 2 aliphatic rings. The number of aliphatic hydroxyl groups is 1. The zero-order chi connectivity index (χ0) is 37.4. The van der Waals surface area contributed by atoms with Crippen molar-refractivity contribution in [2.45, 2.75) is 109 Å². The molecule has 0 aromatic heterocycles. The lowest BCUT2D eigenvalue weighted by Crippen LogP contribution is -2.62. The van der Waals surface area contributed by atoms with E-state index in [9.17, 15) is 23.1 Å². The number of nitrogens with two attached hydrogens (primary N) is 1. The summed E-state index contributed by atoms with van der Waals surface area (Å²) in [5.74, 6) is -1.86. The zero-order valence-corrected chi connectivity index (χ0v) is 32.3. The Balaban J connectivity index is 2.13. The molecule has 0 spiro atoms. The quantitative estimate of drug-likeness (QED) is 0.0791. The van der Waals surface area contributed by atoms with Gasteiger partial charge in [-0.15, -0.1) is 18.3 Å². The molecule has 1 aromatic carbocycles. The highest BCUT2D eigenvalue weighted by atomic mass is 32.2. The number of hydrogen-bond donors (Lipinski definition) is 4. The van der Waals surface area contributed by atoms with Crippen LogP contribution in [0.15, 0.2) is 43.0 Å². The van der Waals surface area contributed by atoms with Crippen molar-refractivity contribution in [3.63, 3.8) is 0 Å². The minimum Gasteiger partial charge on any atom is -0.391 e. The van der Waals surface area contributed by atoms with Gasteiger partial charge in [-0.1, -0.05) is 95.7 Å². The summed E-state index contributed by atoms with van der Waals surface area (Å²) < 4.78 is 36.9. The molecule has 1 heterocycles. The molecule has 0 radical (unpaired) electrons. The van der Waals surface area contributed by atoms with E-state index in [0.717, 1.165) is 56.7 Å². The summed E-state index contributed by atoms with van der Waals surface area (Å²) in [7, 11) is -4.17. The molecule has 1 aliphatic carbocycles. The van der Waals surface area contributed by atoms with Crippen LogP contribution in [0.4, 0.5) is 0 Å². The summed E-state index contributed by atoms with van der Waals surface area (Å²) in [6.07, 6.45) is 7.49. The first-order valence-electron chi connectivity index (χ1n) is 18.6. The number of rotatable bonds is 22. The van der Waals surface area contributed by atoms with Crippen LogP contribution in [-0.2, 0) is 35.8 Å². The molecule has 1 saturated carbocycles. The molecule has 3 rings (SSSR count). The monoisotopic (exact) mass is 751 g/mol. The largest absolute Gasteiger partial charge is 0.391 e. The first-order chi connectivity index (χ1) is 24.4. The van der Waals surface area contributed by atoms with Gasteiger partial charge in [-0.25, -0.2) is 0 Å². The highest BCUT2D eigenvalue weighted by Gasteiger charge is 2.44. The molecule has 1 aromatic rings. The van der Waals surface area contributed by atoms with Crippen LogP contribution < -0.4 is 15.8 Å². The van der Waals surface area contributed by atoms with Crippen molar-refractivity contribution in [3.8, 4) is 0 Å². The van der Waals surface area contributed by atoms with Crippen molar-refractivity contribution < 1.29 is 32.6 Å². The molecule has 12 nitrogen and oxygen atoms in total. The summed E-state index contributed by atoms with van der Waals surface area (Å²) in [6, 6.07) is 6.82. The van der Waals surface area contributed by atoms with Gasteiger partial charge in [0.2, 0.25) is 11.8 Å². The number of primary amides is 1. The predicted octanol–water partition coefficient (Wildman–Crippen LogP) is 3.60. The second-order valence-electron chi connectivity index (χ2n) is 14.1. The molecule has 4 unspecified atom stereocenters. The van der Waals surface area contributed by atoms with Gasteiger partial charge in [0.15, 0.2) is 5.37 Å². The van der Waals surface area contributed by atoms with Crippen molar-refractivity contribution in [2.24, 2.45) is 23.5 Å². The molecular weight excluding hydrogens is 691 g/mol. The van der Waals surface area contributed by atoms with E-state index in [1.807, 2.05) is 51.1 Å². The third kappa shape index (κ3) is 13.5. The molecule has 1 aliphatic heterocycles. The summed E-state index contributed by atoms with van der Waals surface area (Å²) in [4.78, 5) is 43.3. The molecule has 0 bridgehead atoms. The maximum Gasteiger partial charge on any atom is 0.280 e. The fourth-order valence-electron chi connectivity index (χ4n) is 7.00. The number of nitrogens with zero attached hydrogens (tertiary/aromatic N) is 2. The third-order valence-electron chi connectivity index (χ3n) is 9.87. The minimum absolute atomic E-state index is 0.00194. The van der Waals surface area contributed by atoms with Gasteiger partial charge in [0.1, 0.15) is 6.04 Å². The maximum atomic E-state index is 15.2. The highest BCUT2D eigenvalue weighted by Crippen LogP contribution is 2.34. The molecule has 3 amide bonds. The average molecular weight is 752 g/mol. The van der Waals surface area contributed by atoms with Gasteiger partial charge in [-0.3, -0.25) is 14.4 Å². The van der Waals surface area contributed by atoms with Gasteiger partial charge in [-0.05, 0) is 43.1 Å². The summed E-state index contributed by atoms with van der Waals surface area (Å²) in [6.45, 7) is 10.9. The second-order valence-corrected chi connectivity index (χ2v) is 16.9. The van der Waals surface area contributed by atoms with Gasteiger partial charge in [0.05, 0.1) is 25.4 Å². The molecule has 1 saturated heterocycles. The SMILES string of the molecule is C=CCSC(C(N)=O)N(C(=O)[C@H](Cc1ccccc1)NS(=O)(=O)N1CCOCC1)C(CC1CCCCC1)C(O)CC(C(=O)NCCCC)C(C)C. The lowest BCUT2D eigenvalue weighted by atomic mass is 9.80. The Labute approximate surface area is 309 Å². The van der Waals surface area contributed by atoms with Gasteiger partial charge in [0.25, 0.3) is 16.1 Å². The third-order valence-corrected chi connectivity index (χ3v) is 12.7. The van der Waals surface area contributed by atoms with E-state index >= 15 is 4.79 Å². The van der Waals surface area contributed by atoms with Gasteiger partial charge in [0, 0.05) is 31.3 Å². The topological polar surface area (TPSA) is 171 Å². The Bertz CT molecular complexity index is 1340. The minimum atomic E-state index is -4.17. The van der Waals surface area contributed by atoms with Crippen LogP contribution in [0.25, 0.3) is 0 Å². The number of ether oxygens (including phenoxy) is 1. The van der Waals surface area contributed by atoms with Gasteiger partial charge < -0.3 is 25.8 Å². The number of carbonyl (C=O) groups excluding carboxylic acids is 3. The van der Waals surface area contributed by atoms with E-state index in [0.29, 0.717) is 18.5 Å². The number of aliphatic hydroxyl groups excluding tert-OH is 1. The van der Waals surface area contributed by atoms with E-state index in [1.54, 1.807) is 6.08 Å². The summed E-state index contributed by atoms with van der Waals surface area (Å²) >= 11 is 1.11. The predicted molar refractivity (Wildman–Crippen MR) is 203 cm³/mol. The molecule has 14 heteroatoms. The Hall–Kier alpha value is -2.49. The molecule has 51 heavy (non-hydrogen) atoms. The first-order valence-corrected chi connectivity index (χ1v) is 21.1. The van der Waals surface area contributed by atoms with E-state index < -0.39 is 51.5 Å². The fraction of sp³-hybridized carbons (Fsp3) is 0.703. The summed E-state index contributed by atoms with van der Waals surface area (Å²) in [5.41, 5.74) is 6.77. The number of carbonyl (C=O) groups is 3. The van der Waals surface area contributed by atoms with Crippen molar-refractivity contribution in [1.29, 1.82) is 0 Å². The van der Waals surface area contributed by atoms with Crippen molar-refractivity contribution >= 4 is 39.7 Å². The van der Waals surface area contributed by atoms with Crippen LogP contribution >= 0.6 is 11.8 Å². The van der Waals surface area contributed by atoms with Crippen molar-refractivity contribution in [1.82, 2.24) is 19.2 Å². The normalized spacial score (nSPS) is 19.1. The molecule has 5 atom stereocenters. The number of amides is 3. The lowest BCUT2D eigenvalue weighted by molar-refractivity contribution is -0.144. The molecular formula is C37H61N5O7S2. The van der Waals surface area contributed by atoms with Crippen LogP contribution in [0.3, 0.4) is 0 Å². The second kappa shape index (κ2) is 21.9. The summed E-state index contributed by atoms with van der Waals surface area (Å²) in [5, 5.41) is 14.0. The van der Waals surface area contributed by atoms with Crippen molar-refractivity contribution in [3.05, 3.63) is 48.6 Å². The standard InChI is InChI=1S/C37H61N5O7S2/c1-5-7-18-39-35(45)30(27(3)4)26-33(43)32(25-29-16-12-9-13-17-29)42(37(34(38)44)50-23-6-2)36(46)31(24-28-14-10-8-11-15-28)40-51(47,48)41-19-21-49-22-20-41/h6,8,10-11,14-15,27,29-33,37,40,43H,2,5,7,9,12-13,16-26H2,1,3-4H3,(H2,38,44)(H,39,45)/t30?,31-,32?,33?,37?/m0/s1. The van der Waals surface area contributed by atoms with E-state index in [-0.39, 0.29) is 62.6 Å². The Kier molecular flexibility index (Phi) is 18.4. The lowest BCUT2D eigenvalue weighted by Gasteiger charge is -2.43. The Morgan fingerprint density at radius 1 is 1.14 bits per heavy atom. The van der Waals surface area contributed by atoms with E-state index in [1.165, 1.54) is 9.21 Å². The zero-order valence-electron chi connectivity index (χ0n) is 30.7. The van der Waals surface area contributed by atoms with Crippen LogP contribution in [0.5, 0.6) is 0 Å². The maximum absolute atomic E-state index is 15.2. The van der Waals surface area contributed by atoms with Crippen LogP contribution in [0, 0.1) is 17.8 Å². The fourth-order valence-corrected chi connectivity index (χ4v) is 9.23. The van der Waals surface area contributed by atoms with Crippen LogP contribution in [0.1, 0.15) is 84.1 Å². The number of benzene rings is 1. The highest BCUT2D eigenvalue weighted by molar-refractivity contribution is 8.00. The number of unbranched alkanes of at least 4 members (excludes halogenated alkanes) is 1. The Morgan fingerprint density at radius 3 is 2.39 bits per heavy atom. The van der Waals surface area contributed by atoms with Crippen molar-refractivity contribution in [2.75, 3.05) is 38.6 Å². The number of morpholine rings is 1. The first kappa shape index (κ1) is 42.9. The number of nitrogens with one attached hydrogen (secondary N) is 2. The van der Waals surface area contributed by atoms with Crippen LogP contribution in [0.2, 0.25) is 0 Å². The number of hydrogen-bond acceptors (Lipinski definition) is 8. The smallest absolute Gasteiger partial charge is 0.280 e. The van der Waals surface area contributed by atoms with E-state index in [2.05, 4.69) is 16.6 Å².